The quantitative estimate of drug-likeness (QED) is 0.775. The predicted molar refractivity (Wildman–Crippen MR) is 97.2 cm³/mol. The van der Waals surface area contributed by atoms with Crippen LogP contribution in [-0.4, -0.2) is 23.8 Å². The van der Waals surface area contributed by atoms with Crippen LogP contribution in [0.3, 0.4) is 0 Å². The van der Waals surface area contributed by atoms with Crippen LogP contribution in [0.5, 0.6) is 5.75 Å². The number of hydrogen-bond acceptors (Lipinski definition) is 4. The Morgan fingerprint density at radius 2 is 1.93 bits per heavy atom. The maximum Gasteiger partial charge on any atom is 0.433 e. The van der Waals surface area contributed by atoms with Crippen LogP contribution < -0.4 is 10.1 Å². The molecule has 0 spiro atoms. The van der Waals surface area contributed by atoms with Gasteiger partial charge >= 0.3 is 6.18 Å². The number of fused-ring (bicyclic) bond motifs is 1. The predicted octanol–water partition coefficient (Wildman–Crippen LogP) is 4.54. The van der Waals surface area contributed by atoms with Crippen molar-refractivity contribution in [2.75, 3.05) is 7.11 Å². The molecule has 0 aliphatic heterocycles. The molecule has 1 aromatic heterocycles. The average molecular weight is 431 g/mol. The van der Waals surface area contributed by atoms with Crippen LogP contribution in [0.1, 0.15) is 22.5 Å². The van der Waals surface area contributed by atoms with Gasteiger partial charge in [0.25, 0.3) is 5.91 Å². The molecule has 0 unspecified atom stereocenters. The Hall–Kier alpha value is -2.58. The average Bonchev–Trinajstić information content (AvgIpc) is 2.62. The third kappa shape index (κ3) is 3.83. The Balaban J connectivity index is 2.06. The Labute approximate surface area is 166 Å². The van der Waals surface area contributed by atoms with Crippen molar-refractivity contribution in [3.05, 3.63) is 57.4 Å². The second-order valence-electron chi connectivity index (χ2n) is 5.78. The van der Waals surface area contributed by atoms with Gasteiger partial charge in [0.1, 0.15) is 17.0 Å². The number of carbonyl (C=O) groups excluding carboxylic acids is 2. The number of benzene rings is 1. The van der Waals surface area contributed by atoms with Crippen molar-refractivity contribution < 1.29 is 27.5 Å². The molecule has 1 N–H and O–H groups in total. The number of allylic oxidation sites excluding steroid dienone is 3. The van der Waals surface area contributed by atoms with Gasteiger partial charge in [0.05, 0.1) is 22.9 Å². The van der Waals surface area contributed by atoms with Crippen LogP contribution in [0.4, 0.5) is 13.2 Å². The number of nitrogens with zero attached hydrogens (tertiary/aromatic N) is 1. The number of amides is 1. The van der Waals surface area contributed by atoms with Gasteiger partial charge in [-0.1, -0.05) is 23.2 Å². The van der Waals surface area contributed by atoms with E-state index in [4.69, 9.17) is 27.9 Å². The molecular weight excluding hydrogens is 420 g/mol. The number of ether oxygens (including phenoxy) is 1. The highest BCUT2D eigenvalue weighted by molar-refractivity contribution is 6.39. The molecular formula is C18H11Cl2F3N2O3. The van der Waals surface area contributed by atoms with Gasteiger partial charge in [0.2, 0.25) is 0 Å². The number of rotatable bonds is 3. The minimum atomic E-state index is -4.65. The second-order valence-corrected chi connectivity index (χ2v) is 6.64. The van der Waals surface area contributed by atoms with E-state index in [2.05, 4.69) is 10.3 Å². The summed E-state index contributed by atoms with van der Waals surface area (Å²) in [7, 11) is 1.28. The molecule has 146 valence electrons. The molecule has 0 saturated heterocycles. The number of aromatic nitrogens is 1. The summed E-state index contributed by atoms with van der Waals surface area (Å²) in [4.78, 5) is 27.7. The maximum absolute atomic E-state index is 13.0. The highest BCUT2D eigenvalue weighted by Crippen LogP contribution is 2.34. The first kappa shape index (κ1) is 20.2. The lowest BCUT2D eigenvalue weighted by Gasteiger charge is -2.16. The molecule has 1 aromatic carbocycles. The van der Waals surface area contributed by atoms with E-state index in [1.807, 2.05) is 0 Å². The Morgan fingerprint density at radius 3 is 2.54 bits per heavy atom. The third-order valence-electron chi connectivity index (χ3n) is 3.94. The fourth-order valence-corrected chi connectivity index (χ4v) is 3.27. The van der Waals surface area contributed by atoms with Crippen LogP contribution in [-0.2, 0) is 11.0 Å². The fourth-order valence-electron chi connectivity index (χ4n) is 2.66. The van der Waals surface area contributed by atoms with Crippen LogP contribution >= 0.6 is 23.2 Å². The lowest BCUT2D eigenvalue weighted by atomic mass is 10.1. The van der Waals surface area contributed by atoms with Gasteiger partial charge in [-0.2, -0.15) is 13.2 Å². The van der Waals surface area contributed by atoms with Crippen molar-refractivity contribution in [3.8, 4) is 5.75 Å². The third-order valence-corrected chi connectivity index (χ3v) is 4.56. The first-order valence-electron chi connectivity index (χ1n) is 7.77. The summed E-state index contributed by atoms with van der Waals surface area (Å²) >= 11 is 12.0. The molecule has 1 heterocycles. The molecule has 0 fully saturated rings. The molecule has 3 rings (SSSR count). The zero-order valence-corrected chi connectivity index (χ0v) is 15.7. The van der Waals surface area contributed by atoms with Gasteiger partial charge in [-0.15, -0.1) is 0 Å². The van der Waals surface area contributed by atoms with E-state index in [0.29, 0.717) is 0 Å². The highest BCUT2D eigenvalue weighted by Gasteiger charge is 2.33. The largest absolute Gasteiger partial charge is 0.494 e. The topological polar surface area (TPSA) is 68.3 Å². The van der Waals surface area contributed by atoms with E-state index >= 15 is 0 Å². The van der Waals surface area contributed by atoms with Gasteiger partial charge in [-0.25, -0.2) is 4.98 Å². The number of ketones is 1. The fraction of sp³-hybridized carbons (Fsp3) is 0.167. The van der Waals surface area contributed by atoms with E-state index in [1.165, 1.54) is 19.2 Å². The maximum atomic E-state index is 13.0. The number of methoxy groups -OCH3 is 1. The van der Waals surface area contributed by atoms with Crippen molar-refractivity contribution in [3.63, 3.8) is 0 Å². The Bertz CT molecular complexity index is 1060. The van der Waals surface area contributed by atoms with Crippen molar-refractivity contribution >= 4 is 45.8 Å². The number of nitrogens with one attached hydrogen (secondary N) is 1. The molecule has 10 heteroatoms. The van der Waals surface area contributed by atoms with Gasteiger partial charge in [-0.05, 0) is 24.3 Å². The number of alkyl halides is 3. The molecule has 0 saturated carbocycles. The molecule has 1 aliphatic carbocycles. The van der Waals surface area contributed by atoms with E-state index in [-0.39, 0.29) is 50.2 Å². The van der Waals surface area contributed by atoms with Crippen LogP contribution in [0, 0.1) is 0 Å². The summed E-state index contributed by atoms with van der Waals surface area (Å²) in [6, 6.07) is 4.63. The summed E-state index contributed by atoms with van der Waals surface area (Å²) < 4.78 is 44.0. The normalized spacial score (nSPS) is 14.9. The zero-order chi connectivity index (χ0) is 20.6. The molecule has 0 bridgehead atoms. The molecule has 1 amide bonds. The summed E-state index contributed by atoms with van der Waals surface area (Å²) in [5, 5.41) is 2.66. The van der Waals surface area contributed by atoms with E-state index in [1.54, 1.807) is 0 Å². The first-order valence-corrected chi connectivity index (χ1v) is 8.52. The monoisotopic (exact) mass is 430 g/mol. The number of halogens is 5. The van der Waals surface area contributed by atoms with E-state index in [9.17, 15) is 22.8 Å². The van der Waals surface area contributed by atoms with Gasteiger partial charge < -0.3 is 10.1 Å². The zero-order valence-electron chi connectivity index (χ0n) is 14.2. The lowest BCUT2D eigenvalue weighted by molar-refractivity contribution is -0.141. The van der Waals surface area contributed by atoms with Crippen molar-refractivity contribution in [2.24, 2.45) is 0 Å². The molecule has 28 heavy (non-hydrogen) atoms. The number of hydrogen-bond donors (Lipinski definition) is 1. The SMILES string of the molecule is COc1ccc(C(=O)NC2=C(Cl)CC(=O)C=C2Cl)c2ccc(C(F)(F)F)nc12. The smallest absolute Gasteiger partial charge is 0.433 e. The summed E-state index contributed by atoms with van der Waals surface area (Å²) in [6.07, 6.45) is -3.64. The van der Waals surface area contributed by atoms with Crippen LogP contribution in [0.2, 0.25) is 0 Å². The highest BCUT2D eigenvalue weighted by atomic mass is 35.5. The number of pyridine rings is 1. The molecule has 2 aromatic rings. The van der Waals surface area contributed by atoms with Gasteiger partial charge in [0.15, 0.2) is 5.78 Å². The lowest BCUT2D eigenvalue weighted by Crippen LogP contribution is -2.26. The van der Waals surface area contributed by atoms with Crippen molar-refractivity contribution in [1.82, 2.24) is 10.3 Å². The minimum Gasteiger partial charge on any atom is -0.494 e. The summed E-state index contributed by atoms with van der Waals surface area (Å²) in [5.74, 6) is -0.911. The summed E-state index contributed by atoms with van der Waals surface area (Å²) in [6.45, 7) is 0. The number of carbonyl (C=O) groups is 2. The van der Waals surface area contributed by atoms with Crippen LogP contribution in [0.15, 0.2) is 46.1 Å². The second kappa shape index (κ2) is 7.44. The first-order chi connectivity index (χ1) is 13.1. The standard InChI is InChI=1S/C18H11Cl2F3N2O3/c1-28-13-4-2-10(9-3-5-14(18(21,22)23)24-15(9)13)17(27)25-16-11(19)6-8(26)7-12(16)20/h2-6H,7H2,1H3,(H,25,27). The van der Waals surface area contributed by atoms with Gasteiger partial charge in [0, 0.05) is 23.4 Å². The van der Waals surface area contributed by atoms with Crippen molar-refractivity contribution in [1.29, 1.82) is 0 Å². The van der Waals surface area contributed by atoms with E-state index in [0.717, 1.165) is 18.2 Å². The Kier molecular flexibility index (Phi) is 5.36. The van der Waals surface area contributed by atoms with E-state index < -0.39 is 17.8 Å². The minimum absolute atomic E-state index is 0.0371. The molecule has 0 radical (unpaired) electrons. The summed E-state index contributed by atoms with van der Waals surface area (Å²) in [5.41, 5.74) is -1.13. The van der Waals surface area contributed by atoms with Crippen LogP contribution in [0.25, 0.3) is 10.9 Å². The van der Waals surface area contributed by atoms with Crippen molar-refractivity contribution in [2.45, 2.75) is 12.6 Å². The molecule has 5 nitrogen and oxygen atoms in total. The molecule has 1 aliphatic rings. The Morgan fingerprint density at radius 1 is 1.21 bits per heavy atom. The van der Waals surface area contributed by atoms with Gasteiger partial charge in [-0.3, -0.25) is 9.59 Å². The molecule has 0 atom stereocenters.